The lowest BCUT2D eigenvalue weighted by Crippen LogP contribution is -2.40. The number of nitrogens with zero attached hydrogens (tertiary/aromatic N) is 3. The lowest BCUT2D eigenvalue weighted by atomic mass is 10.4. The highest BCUT2D eigenvalue weighted by Gasteiger charge is 2.30. The molecule has 86 valence electrons. The topological polar surface area (TPSA) is 99.4 Å². The van der Waals surface area contributed by atoms with Gasteiger partial charge in [0.15, 0.2) is 0 Å². The number of anilines is 1. The normalized spacial score (nSPS) is 15.1. The zero-order chi connectivity index (χ0) is 11.9. The van der Waals surface area contributed by atoms with Gasteiger partial charge in [0.1, 0.15) is 5.82 Å². The van der Waals surface area contributed by atoms with Gasteiger partial charge in [0.2, 0.25) is 5.69 Å². The molecule has 0 atom stereocenters. The molecule has 7 nitrogen and oxygen atoms in total. The molecule has 1 aliphatic carbocycles. The number of aromatic nitrogens is 2. The molecule has 1 aromatic rings. The molecule has 0 amide bonds. The Morgan fingerprint density at radius 1 is 1.44 bits per heavy atom. The van der Waals surface area contributed by atoms with E-state index in [2.05, 4.69) is 5.18 Å². The molecule has 0 saturated heterocycles. The highest BCUT2D eigenvalue weighted by Crippen LogP contribution is 2.36. The Balaban J connectivity index is 2.84. The molecular formula is C9H12N4O3. The van der Waals surface area contributed by atoms with E-state index in [0.29, 0.717) is 0 Å². The molecule has 2 rings (SSSR count). The fourth-order valence-electron chi connectivity index (χ4n) is 1.72. The van der Waals surface area contributed by atoms with Gasteiger partial charge in [0.25, 0.3) is 5.56 Å². The summed E-state index contributed by atoms with van der Waals surface area (Å²) in [5, 5.41) is 2.62. The van der Waals surface area contributed by atoms with Gasteiger partial charge in [0, 0.05) is 12.6 Å². The van der Waals surface area contributed by atoms with E-state index in [1.165, 1.54) is 4.57 Å². The second-order valence-electron chi connectivity index (χ2n) is 3.76. The predicted octanol–water partition coefficient (Wildman–Crippen LogP) is 0.345. The Morgan fingerprint density at radius 2 is 2.06 bits per heavy atom. The second-order valence-corrected chi connectivity index (χ2v) is 3.76. The van der Waals surface area contributed by atoms with Crippen LogP contribution in [-0.2, 0) is 6.54 Å². The highest BCUT2D eigenvalue weighted by molar-refractivity contribution is 5.56. The van der Waals surface area contributed by atoms with Crippen LogP contribution < -0.4 is 17.0 Å². The Bertz CT molecular complexity index is 553. The van der Waals surface area contributed by atoms with E-state index in [4.69, 9.17) is 5.73 Å². The standard InChI is InChI=1S/C9H12N4O3/c1-2-12-8(14)6(11-16)7(10)13(9(12)15)5-3-4-5/h5H,2-4,10H2,1H3. The van der Waals surface area contributed by atoms with Crippen molar-refractivity contribution in [2.75, 3.05) is 5.73 Å². The summed E-state index contributed by atoms with van der Waals surface area (Å²) in [6.45, 7) is 1.86. The molecule has 16 heavy (non-hydrogen) atoms. The number of nitroso groups, excluding NO2 is 1. The average molecular weight is 224 g/mol. The molecule has 0 spiro atoms. The molecule has 0 unspecified atom stereocenters. The number of hydrogen-bond donors (Lipinski definition) is 1. The van der Waals surface area contributed by atoms with Crippen molar-refractivity contribution < 1.29 is 0 Å². The Morgan fingerprint density at radius 3 is 2.50 bits per heavy atom. The zero-order valence-electron chi connectivity index (χ0n) is 8.84. The van der Waals surface area contributed by atoms with Gasteiger partial charge in [-0.3, -0.25) is 13.9 Å². The third-order valence-corrected chi connectivity index (χ3v) is 2.71. The first-order valence-corrected chi connectivity index (χ1v) is 5.10. The molecule has 2 N–H and O–H groups in total. The number of rotatable bonds is 3. The smallest absolute Gasteiger partial charge is 0.332 e. The van der Waals surface area contributed by atoms with Gasteiger partial charge in [-0.25, -0.2) is 4.79 Å². The quantitative estimate of drug-likeness (QED) is 0.748. The molecule has 7 heteroatoms. The van der Waals surface area contributed by atoms with Crippen LogP contribution in [0.1, 0.15) is 25.8 Å². The molecule has 0 bridgehead atoms. The first-order valence-electron chi connectivity index (χ1n) is 5.10. The second kappa shape index (κ2) is 3.58. The summed E-state index contributed by atoms with van der Waals surface area (Å²) in [6, 6.07) is 0.00593. The SMILES string of the molecule is CCn1c(=O)c(N=O)c(N)n(C2CC2)c1=O. The van der Waals surface area contributed by atoms with Gasteiger partial charge in [-0.1, -0.05) is 0 Å². The summed E-state index contributed by atoms with van der Waals surface area (Å²) in [6.07, 6.45) is 1.68. The summed E-state index contributed by atoms with van der Waals surface area (Å²) >= 11 is 0. The minimum atomic E-state index is -0.711. The lowest BCUT2D eigenvalue weighted by Gasteiger charge is -2.11. The molecule has 1 heterocycles. The maximum absolute atomic E-state index is 11.9. The van der Waals surface area contributed by atoms with Crippen molar-refractivity contribution in [1.29, 1.82) is 0 Å². The summed E-state index contributed by atoms with van der Waals surface area (Å²) < 4.78 is 2.27. The summed E-state index contributed by atoms with van der Waals surface area (Å²) in [4.78, 5) is 34.1. The van der Waals surface area contributed by atoms with Gasteiger partial charge >= 0.3 is 5.69 Å². The van der Waals surface area contributed by atoms with E-state index in [1.54, 1.807) is 6.92 Å². The number of hydrogen-bond acceptors (Lipinski definition) is 5. The van der Waals surface area contributed by atoms with Crippen LogP contribution in [0.15, 0.2) is 14.8 Å². The van der Waals surface area contributed by atoms with Crippen LogP contribution in [0, 0.1) is 4.91 Å². The van der Waals surface area contributed by atoms with Crippen LogP contribution in [0.3, 0.4) is 0 Å². The van der Waals surface area contributed by atoms with Crippen molar-refractivity contribution in [3.05, 3.63) is 25.7 Å². The third-order valence-electron chi connectivity index (χ3n) is 2.71. The van der Waals surface area contributed by atoms with Gasteiger partial charge < -0.3 is 5.73 Å². The van der Waals surface area contributed by atoms with E-state index in [0.717, 1.165) is 17.4 Å². The molecule has 1 aromatic heterocycles. The van der Waals surface area contributed by atoms with Crippen molar-refractivity contribution in [3.8, 4) is 0 Å². The minimum Gasteiger partial charge on any atom is -0.383 e. The molecular weight excluding hydrogens is 212 g/mol. The van der Waals surface area contributed by atoms with E-state index in [1.807, 2.05) is 0 Å². The highest BCUT2D eigenvalue weighted by atomic mass is 16.3. The van der Waals surface area contributed by atoms with Crippen LogP contribution in [0.25, 0.3) is 0 Å². The summed E-state index contributed by atoms with van der Waals surface area (Å²) in [5.41, 5.74) is 4.08. The Kier molecular flexibility index (Phi) is 2.37. The van der Waals surface area contributed by atoms with Crippen LogP contribution >= 0.6 is 0 Å². The monoisotopic (exact) mass is 224 g/mol. The lowest BCUT2D eigenvalue weighted by molar-refractivity contribution is 0.587. The van der Waals surface area contributed by atoms with Crippen LogP contribution in [-0.4, -0.2) is 9.13 Å². The van der Waals surface area contributed by atoms with Crippen LogP contribution in [0.4, 0.5) is 11.5 Å². The van der Waals surface area contributed by atoms with Crippen molar-refractivity contribution in [2.24, 2.45) is 5.18 Å². The first-order chi connectivity index (χ1) is 7.61. The minimum absolute atomic E-state index is 0.00593. The molecule has 1 fully saturated rings. The van der Waals surface area contributed by atoms with Crippen molar-refractivity contribution >= 4 is 11.5 Å². The maximum atomic E-state index is 11.9. The van der Waals surface area contributed by atoms with Gasteiger partial charge in [-0.15, -0.1) is 4.91 Å². The van der Waals surface area contributed by atoms with Crippen molar-refractivity contribution in [2.45, 2.75) is 32.4 Å². The molecule has 0 aromatic carbocycles. The van der Waals surface area contributed by atoms with E-state index in [-0.39, 0.29) is 24.1 Å². The number of nitrogen functional groups attached to an aromatic ring is 1. The van der Waals surface area contributed by atoms with Crippen LogP contribution in [0.5, 0.6) is 0 Å². The van der Waals surface area contributed by atoms with Gasteiger partial charge in [-0.05, 0) is 24.9 Å². The fraction of sp³-hybridized carbons (Fsp3) is 0.556. The van der Waals surface area contributed by atoms with E-state index >= 15 is 0 Å². The van der Waals surface area contributed by atoms with Gasteiger partial charge in [-0.2, -0.15) is 0 Å². The average Bonchev–Trinajstić information content (AvgIpc) is 3.03. The predicted molar refractivity (Wildman–Crippen MR) is 58.8 cm³/mol. The van der Waals surface area contributed by atoms with Crippen molar-refractivity contribution in [1.82, 2.24) is 9.13 Å². The van der Waals surface area contributed by atoms with E-state index in [9.17, 15) is 14.5 Å². The molecule has 0 aliphatic heterocycles. The molecule has 1 aliphatic rings. The zero-order valence-corrected chi connectivity index (χ0v) is 8.84. The van der Waals surface area contributed by atoms with Crippen LogP contribution in [0.2, 0.25) is 0 Å². The van der Waals surface area contributed by atoms with Gasteiger partial charge in [0.05, 0.1) is 0 Å². The van der Waals surface area contributed by atoms with E-state index < -0.39 is 11.2 Å². The number of nitrogens with two attached hydrogens (primary N) is 1. The summed E-state index contributed by atoms with van der Waals surface area (Å²) in [7, 11) is 0. The molecule has 1 saturated carbocycles. The Hall–Kier alpha value is -1.92. The Labute approximate surface area is 90.5 Å². The largest absolute Gasteiger partial charge is 0.383 e. The van der Waals surface area contributed by atoms with Crippen molar-refractivity contribution in [3.63, 3.8) is 0 Å². The molecule has 0 radical (unpaired) electrons. The summed E-state index contributed by atoms with van der Waals surface area (Å²) in [5.74, 6) is -0.114. The maximum Gasteiger partial charge on any atom is 0.332 e. The fourth-order valence-corrected chi connectivity index (χ4v) is 1.72. The third kappa shape index (κ3) is 1.36. The first kappa shape index (κ1) is 10.6.